The van der Waals surface area contributed by atoms with Crippen molar-refractivity contribution in [1.82, 2.24) is 5.32 Å². The van der Waals surface area contributed by atoms with Crippen LogP contribution in [0.15, 0.2) is 65.6 Å². The summed E-state index contributed by atoms with van der Waals surface area (Å²) in [5, 5.41) is 2.77. The number of Topliss-reactive ketones (excluding diaryl/α,β-unsaturated/α-hetero) is 1. The van der Waals surface area contributed by atoms with Crippen molar-refractivity contribution in [1.29, 1.82) is 0 Å². The van der Waals surface area contributed by atoms with Gasteiger partial charge in [0.15, 0.2) is 0 Å². The lowest BCUT2D eigenvalue weighted by Gasteiger charge is -2.29. The molecule has 3 aromatic carbocycles. The summed E-state index contributed by atoms with van der Waals surface area (Å²) in [4.78, 5) is 25.9. The molecule has 6 nitrogen and oxygen atoms in total. The number of hydrogen-bond donors (Lipinski definition) is 1. The van der Waals surface area contributed by atoms with Crippen LogP contribution in [0.25, 0.3) is 6.08 Å². The first-order valence-electron chi connectivity index (χ1n) is 10.2. The highest BCUT2D eigenvalue weighted by molar-refractivity contribution is 7.97. The third-order valence-electron chi connectivity index (χ3n) is 5.36. The van der Waals surface area contributed by atoms with Crippen molar-refractivity contribution in [2.45, 2.75) is 6.54 Å². The Morgan fingerprint density at radius 1 is 1.18 bits per heavy atom. The molecule has 1 aliphatic rings. The molecule has 0 saturated heterocycles. The number of amides is 1. The van der Waals surface area contributed by atoms with Gasteiger partial charge in [0.05, 0.1) is 30.4 Å². The number of benzene rings is 3. The average Bonchev–Trinajstić information content (AvgIpc) is 2.85. The number of carbonyl (C=O) groups is 2. The fraction of sp³-hybridized carbons (Fsp3) is 0.120. The van der Waals surface area contributed by atoms with E-state index in [0.717, 1.165) is 11.3 Å². The Kier molecular flexibility index (Phi) is 6.92. The van der Waals surface area contributed by atoms with Crippen molar-refractivity contribution >= 4 is 46.4 Å². The van der Waals surface area contributed by atoms with Gasteiger partial charge in [-0.2, -0.15) is 4.31 Å². The smallest absolute Gasteiger partial charge is 0.251 e. The van der Waals surface area contributed by atoms with Gasteiger partial charge in [-0.15, -0.1) is 0 Å². The van der Waals surface area contributed by atoms with Crippen LogP contribution in [-0.2, 0) is 17.9 Å². The van der Waals surface area contributed by atoms with Crippen LogP contribution in [0.3, 0.4) is 0 Å². The second-order valence-corrected chi connectivity index (χ2v) is 9.41. The van der Waals surface area contributed by atoms with Gasteiger partial charge in [0, 0.05) is 18.2 Å². The lowest BCUT2D eigenvalue weighted by Crippen LogP contribution is -2.36. The fourth-order valence-electron chi connectivity index (χ4n) is 3.48. The predicted octanol–water partition coefficient (Wildman–Crippen LogP) is 4.76. The van der Waals surface area contributed by atoms with E-state index in [4.69, 9.17) is 16.3 Å². The number of nitrogens with one attached hydrogen (secondary N) is 1. The zero-order valence-corrected chi connectivity index (χ0v) is 19.9. The van der Waals surface area contributed by atoms with Crippen molar-refractivity contribution in [2.75, 3.05) is 18.5 Å². The minimum atomic E-state index is -1.80. The number of rotatable bonds is 5. The lowest BCUT2D eigenvalue weighted by molar-refractivity contribution is 0.0951. The molecule has 174 valence electrons. The Hall–Kier alpha value is -3.33. The van der Waals surface area contributed by atoms with Crippen LogP contribution in [-0.4, -0.2) is 30.4 Å². The molecule has 1 heterocycles. The van der Waals surface area contributed by atoms with Gasteiger partial charge in [-0.1, -0.05) is 29.8 Å². The van der Waals surface area contributed by atoms with Gasteiger partial charge < -0.3 is 14.6 Å². The summed E-state index contributed by atoms with van der Waals surface area (Å²) in [6.45, 7) is 0.297. The molecular weight excluding hydrogens is 479 g/mol. The highest BCUT2D eigenvalue weighted by atomic mass is 35.5. The van der Waals surface area contributed by atoms with Gasteiger partial charge >= 0.3 is 0 Å². The van der Waals surface area contributed by atoms with Crippen LogP contribution < -0.4 is 14.4 Å². The number of allylic oxidation sites excluding steroid dienone is 1. The number of ether oxygens (including phenoxy) is 1. The molecule has 0 spiro atoms. The van der Waals surface area contributed by atoms with Crippen LogP contribution >= 0.6 is 11.6 Å². The number of nitrogens with zero attached hydrogens (tertiary/aromatic N) is 1. The Bertz CT molecular complexity index is 1300. The van der Waals surface area contributed by atoms with E-state index in [1.165, 1.54) is 34.6 Å². The summed E-state index contributed by atoms with van der Waals surface area (Å²) >= 11 is 3.93. The van der Waals surface area contributed by atoms with Gasteiger partial charge in [-0.05, 0) is 53.6 Å². The van der Waals surface area contributed by atoms with Gasteiger partial charge in [0.1, 0.15) is 22.9 Å². The van der Waals surface area contributed by atoms with E-state index in [1.54, 1.807) is 38.4 Å². The highest BCUT2D eigenvalue weighted by Crippen LogP contribution is 2.35. The predicted molar refractivity (Wildman–Crippen MR) is 131 cm³/mol. The molecule has 1 aliphatic heterocycles. The number of fused-ring (bicyclic) bond motifs is 1. The number of halogens is 2. The molecule has 0 bridgehead atoms. The number of anilines is 1. The van der Waals surface area contributed by atoms with Crippen molar-refractivity contribution in [2.24, 2.45) is 0 Å². The molecule has 0 aromatic heterocycles. The Balaban J connectivity index is 1.58. The zero-order valence-electron chi connectivity index (χ0n) is 18.3. The van der Waals surface area contributed by atoms with Crippen LogP contribution in [0.1, 0.15) is 31.8 Å². The van der Waals surface area contributed by atoms with E-state index in [1.807, 2.05) is 12.1 Å². The molecule has 1 atom stereocenters. The molecule has 0 saturated carbocycles. The van der Waals surface area contributed by atoms with Gasteiger partial charge in [0.25, 0.3) is 5.91 Å². The highest BCUT2D eigenvalue weighted by Gasteiger charge is 2.38. The lowest BCUT2D eigenvalue weighted by atomic mass is 10.0. The number of carbonyl (C=O) groups excluding carboxylic acids is 2. The van der Waals surface area contributed by atoms with Crippen LogP contribution in [0.4, 0.5) is 10.1 Å². The topological polar surface area (TPSA) is 81.7 Å². The summed E-state index contributed by atoms with van der Waals surface area (Å²) in [6, 6.07) is 16.0. The molecule has 0 fully saturated rings. The largest absolute Gasteiger partial charge is 0.588 e. The van der Waals surface area contributed by atoms with E-state index in [9.17, 15) is 18.5 Å². The van der Waals surface area contributed by atoms with Crippen LogP contribution in [0.5, 0.6) is 5.75 Å². The molecule has 1 amide bonds. The molecule has 0 aliphatic carbocycles. The maximum atomic E-state index is 13.8. The van der Waals surface area contributed by atoms with Crippen molar-refractivity contribution in [3.63, 3.8) is 0 Å². The molecular formula is C25H20ClFN2O4S. The summed E-state index contributed by atoms with van der Waals surface area (Å²) < 4.78 is 33.3. The molecule has 1 unspecified atom stereocenters. The molecule has 34 heavy (non-hydrogen) atoms. The van der Waals surface area contributed by atoms with Crippen molar-refractivity contribution < 1.29 is 23.3 Å². The van der Waals surface area contributed by atoms with Crippen LogP contribution in [0, 0.1) is 5.82 Å². The number of hydrogen-bond acceptors (Lipinski definition) is 5. The summed E-state index contributed by atoms with van der Waals surface area (Å²) in [5.41, 5.74) is 2.20. The SMILES string of the molecule is COc1ccc(CNC(=O)c2ccc3c(c2)C(=O)/C(=C\c2ccc(Cl)c(F)c2)[S+]([O-])N3C)cc1. The molecule has 1 N–H and O–H groups in total. The fourth-order valence-corrected chi connectivity index (χ4v) is 4.74. The molecule has 4 rings (SSSR count). The number of methoxy groups -OCH3 is 1. The Labute approximate surface area is 204 Å². The third-order valence-corrected chi connectivity index (χ3v) is 7.04. The van der Waals surface area contributed by atoms with E-state index in [-0.39, 0.29) is 21.4 Å². The maximum Gasteiger partial charge on any atom is 0.251 e. The molecule has 0 radical (unpaired) electrons. The van der Waals surface area contributed by atoms with E-state index in [2.05, 4.69) is 5.32 Å². The molecule has 3 aromatic rings. The minimum Gasteiger partial charge on any atom is -0.588 e. The van der Waals surface area contributed by atoms with Gasteiger partial charge in [-0.3, -0.25) is 9.59 Å². The first-order valence-corrected chi connectivity index (χ1v) is 11.7. The first-order chi connectivity index (χ1) is 16.3. The van der Waals surface area contributed by atoms with Crippen LogP contribution in [0.2, 0.25) is 5.02 Å². The van der Waals surface area contributed by atoms with Gasteiger partial charge in [0.2, 0.25) is 10.7 Å². The summed E-state index contributed by atoms with van der Waals surface area (Å²) in [7, 11) is 3.16. The standard InChI is InChI=1S/C25H20ClFN2O4S/c1-29-22-10-6-17(25(31)28-14-15-3-7-18(33-2)8-4-15)13-19(22)24(30)23(34(29)32)12-16-5-9-20(26)21(27)11-16/h3-13H,14H2,1-2H3,(H,28,31)/b23-12+. The average molecular weight is 499 g/mol. The normalized spacial score (nSPS) is 16.4. The molecule has 9 heteroatoms. The first kappa shape index (κ1) is 23.8. The maximum absolute atomic E-state index is 13.8. The second-order valence-electron chi connectivity index (χ2n) is 7.52. The van der Waals surface area contributed by atoms with E-state index in [0.29, 0.717) is 23.4 Å². The van der Waals surface area contributed by atoms with Gasteiger partial charge in [-0.25, -0.2) is 4.39 Å². The summed E-state index contributed by atoms with van der Waals surface area (Å²) in [5.74, 6) is -0.776. The zero-order chi connectivity index (χ0) is 24.4. The van der Waals surface area contributed by atoms with E-state index >= 15 is 0 Å². The van der Waals surface area contributed by atoms with Crippen molar-refractivity contribution in [3.05, 3.63) is 98.7 Å². The Morgan fingerprint density at radius 2 is 1.91 bits per heavy atom. The van der Waals surface area contributed by atoms with E-state index < -0.39 is 23.0 Å². The summed E-state index contributed by atoms with van der Waals surface area (Å²) in [6.07, 6.45) is 1.37. The monoisotopic (exact) mass is 498 g/mol. The quantitative estimate of drug-likeness (QED) is 0.405. The number of ketones is 1. The van der Waals surface area contributed by atoms with Crippen molar-refractivity contribution in [3.8, 4) is 5.75 Å². The third kappa shape index (κ3) is 4.79. The Morgan fingerprint density at radius 3 is 2.59 bits per heavy atom. The second kappa shape index (κ2) is 9.89. The minimum absolute atomic E-state index is 0.0208.